The van der Waals surface area contributed by atoms with E-state index < -0.39 is 0 Å². The van der Waals surface area contributed by atoms with Crippen LogP contribution in [0.2, 0.25) is 0 Å². The molecule has 0 spiro atoms. The Morgan fingerprint density at radius 2 is 1.81 bits per heavy atom. The van der Waals surface area contributed by atoms with Gasteiger partial charge in [0.2, 0.25) is 0 Å². The summed E-state index contributed by atoms with van der Waals surface area (Å²) in [6, 6.07) is 13.0. The van der Waals surface area contributed by atoms with Crippen molar-refractivity contribution in [3.05, 3.63) is 65.0 Å². The van der Waals surface area contributed by atoms with Crippen molar-refractivity contribution < 1.29 is 9.13 Å². The number of rotatable bonds is 5. The average molecular weight is 287 g/mol. The fraction of sp³-hybridized carbons (Fsp3) is 0.333. The number of hydrogen-bond acceptors (Lipinski definition) is 2. The molecule has 112 valence electrons. The van der Waals surface area contributed by atoms with Gasteiger partial charge in [0.15, 0.2) is 0 Å². The molecular weight excluding hydrogens is 265 g/mol. The molecule has 0 aliphatic carbocycles. The predicted octanol–water partition coefficient (Wildman–Crippen LogP) is 4.55. The van der Waals surface area contributed by atoms with Gasteiger partial charge < -0.3 is 10.1 Å². The fourth-order valence-electron chi connectivity index (χ4n) is 2.51. The zero-order valence-electron chi connectivity index (χ0n) is 13.0. The molecule has 2 aromatic rings. The first-order chi connectivity index (χ1) is 10.0. The van der Waals surface area contributed by atoms with E-state index in [-0.39, 0.29) is 17.9 Å². The first-order valence-electron chi connectivity index (χ1n) is 7.17. The molecule has 2 rings (SSSR count). The largest absolute Gasteiger partial charge is 0.496 e. The molecule has 0 radical (unpaired) electrons. The minimum atomic E-state index is -0.207. The molecule has 21 heavy (non-hydrogen) atoms. The van der Waals surface area contributed by atoms with Gasteiger partial charge in [-0.15, -0.1) is 0 Å². The Morgan fingerprint density at radius 3 is 2.48 bits per heavy atom. The molecule has 2 aromatic carbocycles. The van der Waals surface area contributed by atoms with Gasteiger partial charge in [0.05, 0.1) is 7.11 Å². The number of benzene rings is 2. The summed E-state index contributed by atoms with van der Waals surface area (Å²) in [6.07, 6.45) is 0. The van der Waals surface area contributed by atoms with Gasteiger partial charge in [-0.1, -0.05) is 24.3 Å². The first kappa shape index (κ1) is 15.5. The van der Waals surface area contributed by atoms with Crippen LogP contribution in [0.5, 0.6) is 5.75 Å². The Morgan fingerprint density at radius 1 is 1.05 bits per heavy atom. The highest BCUT2D eigenvalue weighted by Gasteiger charge is 2.15. The molecule has 3 heteroatoms. The number of aryl methyl sites for hydroxylation is 1. The summed E-state index contributed by atoms with van der Waals surface area (Å²) in [4.78, 5) is 0. The lowest BCUT2D eigenvalue weighted by Crippen LogP contribution is -2.23. The zero-order valence-corrected chi connectivity index (χ0v) is 13.0. The molecular formula is C18H22FNO. The van der Waals surface area contributed by atoms with Gasteiger partial charge in [-0.25, -0.2) is 4.39 Å². The van der Waals surface area contributed by atoms with Gasteiger partial charge in [0, 0.05) is 17.6 Å². The summed E-state index contributed by atoms with van der Waals surface area (Å²) in [5.41, 5.74) is 3.21. The second-order valence-corrected chi connectivity index (χ2v) is 5.41. The summed E-state index contributed by atoms with van der Waals surface area (Å²) in [7, 11) is 1.68. The first-order valence-corrected chi connectivity index (χ1v) is 7.17. The van der Waals surface area contributed by atoms with E-state index in [0.29, 0.717) is 0 Å². The molecule has 0 aromatic heterocycles. The van der Waals surface area contributed by atoms with Gasteiger partial charge >= 0.3 is 0 Å². The Labute approximate surface area is 126 Å². The van der Waals surface area contributed by atoms with Crippen LogP contribution in [-0.4, -0.2) is 7.11 Å². The highest BCUT2D eigenvalue weighted by molar-refractivity contribution is 5.39. The standard InChI is InChI=1S/C18H22FNO/c1-12-8-9-17(18(10-12)21-4)14(3)20-13(2)15-6-5-7-16(19)11-15/h5-11,13-14,20H,1-4H3/t13-,14?/m0/s1. The van der Waals surface area contributed by atoms with Crippen LogP contribution in [0.3, 0.4) is 0 Å². The molecule has 1 N–H and O–H groups in total. The minimum Gasteiger partial charge on any atom is -0.496 e. The third kappa shape index (κ3) is 3.82. The van der Waals surface area contributed by atoms with E-state index in [1.807, 2.05) is 26.0 Å². The Kier molecular flexibility index (Phi) is 4.97. The van der Waals surface area contributed by atoms with Crippen LogP contribution in [0.25, 0.3) is 0 Å². The van der Waals surface area contributed by atoms with Gasteiger partial charge in [-0.05, 0) is 50.1 Å². The number of nitrogens with one attached hydrogen (secondary N) is 1. The molecule has 2 atom stereocenters. The maximum Gasteiger partial charge on any atom is 0.123 e. The fourth-order valence-corrected chi connectivity index (χ4v) is 2.51. The Bertz CT molecular complexity index is 612. The zero-order chi connectivity index (χ0) is 15.4. The molecule has 1 unspecified atom stereocenters. The lowest BCUT2D eigenvalue weighted by molar-refractivity contribution is 0.396. The van der Waals surface area contributed by atoms with E-state index in [9.17, 15) is 4.39 Å². The van der Waals surface area contributed by atoms with Crippen molar-refractivity contribution in [2.75, 3.05) is 7.11 Å². The molecule has 0 bridgehead atoms. The van der Waals surface area contributed by atoms with Crippen LogP contribution in [0.4, 0.5) is 4.39 Å². The predicted molar refractivity (Wildman–Crippen MR) is 84.1 cm³/mol. The van der Waals surface area contributed by atoms with E-state index in [1.165, 1.54) is 11.6 Å². The van der Waals surface area contributed by atoms with Crippen LogP contribution in [0.15, 0.2) is 42.5 Å². The second kappa shape index (κ2) is 6.72. The number of hydrogen-bond donors (Lipinski definition) is 1. The van der Waals surface area contributed by atoms with Crippen LogP contribution in [0.1, 0.15) is 42.6 Å². The van der Waals surface area contributed by atoms with Crippen molar-refractivity contribution in [1.29, 1.82) is 0 Å². The van der Waals surface area contributed by atoms with Crippen molar-refractivity contribution in [3.8, 4) is 5.75 Å². The third-order valence-electron chi connectivity index (χ3n) is 3.70. The monoisotopic (exact) mass is 287 g/mol. The van der Waals surface area contributed by atoms with Crippen LogP contribution >= 0.6 is 0 Å². The van der Waals surface area contributed by atoms with Crippen LogP contribution in [0, 0.1) is 12.7 Å². The quantitative estimate of drug-likeness (QED) is 0.870. The third-order valence-corrected chi connectivity index (χ3v) is 3.70. The average Bonchev–Trinajstić information content (AvgIpc) is 2.46. The Balaban J connectivity index is 2.16. The van der Waals surface area contributed by atoms with Crippen molar-refractivity contribution >= 4 is 0 Å². The lowest BCUT2D eigenvalue weighted by Gasteiger charge is -2.22. The molecule has 0 aliphatic heterocycles. The topological polar surface area (TPSA) is 21.3 Å². The van der Waals surface area contributed by atoms with Gasteiger partial charge in [0.25, 0.3) is 0 Å². The highest BCUT2D eigenvalue weighted by Crippen LogP contribution is 2.28. The van der Waals surface area contributed by atoms with E-state index in [0.717, 1.165) is 16.9 Å². The molecule has 0 aliphatic rings. The Hall–Kier alpha value is -1.87. The molecule has 0 amide bonds. The molecule has 0 fully saturated rings. The van der Waals surface area contributed by atoms with E-state index in [2.05, 4.69) is 24.4 Å². The summed E-state index contributed by atoms with van der Waals surface area (Å²) >= 11 is 0. The highest BCUT2D eigenvalue weighted by atomic mass is 19.1. The van der Waals surface area contributed by atoms with Gasteiger partial charge in [0.1, 0.15) is 11.6 Å². The van der Waals surface area contributed by atoms with Gasteiger partial charge in [-0.3, -0.25) is 0 Å². The molecule has 2 nitrogen and oxygen atoms in total. The maximum absolute atomic E-state index is 13.3. The molecule has 0 saturated carbocycles. The summed E-state index contributed by atoms with van der Waals surface area (Å²) in [6.45, 7) is 6.16. The molecule has 0 heterocycles. The van der Waals surface area contributed by atoms with Gasteiger partial charge in [-0.2, -0.15) is 0 Å². The second-order valence-electron chi connectivity index (χ2n) is 5.41. The number of methoxy groups -OCH3 is 1. The minimum absolute atomic E-state index is 0.0571. The van der Waals surface area contributed by atoms with Crippen molar-refractivity contribution in [1.82, 2.24) is 5.32 Å². The van der Waals surface area contributed by atoms with E-state index in [1.54, 1.807) is 19.2 Å². The lowest BCUT2D eigenvalue weighted by atomic mass is 10.0. The number of ether oxygens (including phenoxy) is 1. The van der Waals surface area contributed by atoms with Crippen molar-refractivity contribution in [2.45, 2.75) is 32.9 Å². The normalized spacial score (nSPS) is 13.8. The number of halogens is 1. The summed E-state index contributed by atoms with van der Waals surface area (Å²) in [5, 5.41) is 3.49. The summed E-state index contributed by atoms with van der Waals surface area (Å²) in [5.74, 6) is 0.670. The van der Waals surface area contributed by atoms with Crippen LogP contribution < -0.4 is 10.1 Å². The van der Waals surface area contributed by atoms with Crippen molar-refractivity contribution in [2.24, 2.45) is 0 Å². The molecule has 0 saturated heterocycles. The SMILES string of the molecule is COc1cc(C)ccc1C(C)N[C@@H](C)c1cccc(F)c1. The van der Waals surface area contributed by atoms with E-state index in [4.69, 9.17) is 4.74 Å². The maximum atomic E-state index is 13.3. The van der Waals surface area contributed by atoms with Crippen LogP contribution in [-0.2, 0) is 0 Å². The van der Waals surface area contributed by atoms with E-state index >= 15 is 0 Å². The smallest absolute Gasteiger partial charge is 0.123 e. The summed E-state index contributed by atoms with van der Waals surface area (Å²) < 4.78 is 18.8. The van der Waals surface area contributed by atoms with Crippen molar-refractivity contribution in [3.63, 3.8) is 0 Å².